The summed E-state index contributed by atoms with van der Waals surface area (Å²) < 4.78 is 5.44. The quantitative estimate of drug-likeness (QED) is 0.672. The lowest BCUT2D eigenvalue weighted by molar-refractivity contribution is -0.142. The highest BCUT2D eigenvalue weighted by Gasteiger charge is 2.18. The number of hydrogen-bond donors (Lipinski definition) is 0. The molecular formula is C21H20N2O2. The second-order valence-corrected chi connectivity index (χ2v) is 6.32. The first kappa shape index (κ1) is 15.6. The van der Waals surface area contributed by atoms with Crippen LogP contribution in [0.4, 0.5) is 5.69 Å². The molecule has 0 saturated heterocycles. The third kappa shape index (κ3) is 3.48. The summed E-state index contributed by atoms with van der Waals surface area (Å²) in [6, 6.07) is 16.4. The van der Waals surface area contributed by atoms with Crippen LogP contribution >= 0.6 is 0 Å². The van der Waals surface area contributed by atoms with Crippen LogP contribution in [-0.4, -0.2) is 30.6 Å². The summed E-state index contributed by atoms with van der Waals surface area (Å²) in [6.45, 7) is 2.16. The molecule has 25 heavy (non-hydrogen) atoms. The van der Waals surface area contributed by atoms with E-state index in [4.69, 9.17) is 4.74 Å². The molecule has 1 aromatic heterocycles. The van der Waals surface area contributed by atoms with Gasteiger partial charge in [-0.2, -0.15) is 0 Å². The van der Waals surface area contributed by atoms with E-state index in [9.17, 15) is 4.79 Å². The molecule has 2 heterocycles. The Bertz CT molecular complexity index is 907. The number of anilines is 1. The van der Waals surface area contributed by atoms with E-state index in [0.29, 0.717) is 13.0 Å². The Morgan fingerprint density at radius 3 is 3.00 bits per heavy atom. The molecule has 4 rings (SSSR count). The zero-order valence-electron chi connectivity index (χ0n) is 14.0. The summed E-state index contributed by atoms with van der Waals surface area (Å²) in [5.74, 6) is -0.180. The highest BCUT2D eigenvalue weighted by atomic mass is 16.5. The van der Waals surface area contributed by atoms with Crippen molar-refractivity contribution in [3.63, 3.8) is 0 Å². The van der Waals surface area contributed by atoms with Crippen molar-refractivity contribution in [2.45, 2.75) is 12.8 Å². The summed E-state index contributed by atoms with van der Waals surface area (Å²) in [5, 5.41) is 2.17. The maximum absolute atomic E-state index is 12.1. The summed E-state index contributed by atoms with van der Waals surface area (Å²) in [5.41, 5.74) is 3.61. The van der Waals surface area contributed by atoms with E-state index in [0.717, 1.165) is 35.8 Å². The SMILES string of the molecule is O=C(Cc1ccc2cnccc2c1)OCCN1CCc2ccccc21. The molecule has 0 saturated carbocycles. The van der Waals surface area contributed by atoms with Crippen molar-refractivity contribution < 1.29 is 9.53 Å². The Kier molecular flexibility index (Phi) is 4.34. The fourth-order valence-corrected chi connectivity index (χ4v) is 3.37. The molecule has 3 aromatic rings. The van der Waals surface area contributed by atoms with Gasteiger partial charge in [-0.3, -0.25) is 9.78 Å². The Balaban J connectivity index is 1.30. The normalized spacial score (nSPS) is 13.0. The van der Waals surface area contributed by atoms with Crippen molar-refractivity contribution in [1.82, 2.24) is 4.98 Å². The van der Waals surface area contributed by atoms with Crippen LogP contribution in [0, 0.1) is 0 Å². The van der Waals surface area contributed by atoms with Gasteiger partial charge in [0.15, 0.2) is 0 Å². The molecule has 4 heteroatoms. The van der Waals surface area contributed by atoms with Gasteiger partial charge in [0.2, 0.25) is 0 Å². The largest absolute Gasteiger partial charge is 0.464 e. The molecule has 0 bridgehead atoms. The first-order valence-corrected chi connectivity index (χ1v) is 8.61. The monoisotopic (exact) mass is 332 g/mol. The number of para-hydroxylation sites is 1. The van der Waals surface area contributed by atoms with E-state index >= 15 is 0 Å². The van der Waals surface area contributed by atoms with Gasteiger partial charge < -0.3 is 9.64 Å². The number of hydrogen-bond acceptors (Lipinski definition) is 4. The van der Waals surface area contributed by atoms with E-state index in [1.54, 1.807) is 6.20 Å². The molecule has 2 aromatic carbocycles. The first-order valence-electron chi connectivity index (χ1n) is 8.61. The van der Waals surface area contributed by atoms with E-state index in [-0.39, 0.29) is 5.97 Å². The van der Waals surface area contributed by atoms with Crippen LogP contribution in [0.1, 0.15) is 11.1 Å². The maximum Gasteiger partial charge on any atom is 0.310 e. The summed E-state index contributed by atoms with van der Waals surface area (Å²) in [7, 11) is 0. The molecule has 0 N–H and O–H groups in total. The highest BCUT2D eigenvalue weighted by molar-refractivity contribution is 5.83. The van der Waals surface area contributed by atoms with Crippen LogP contribution in [0.5, 0.6) is 0 Å². The van der Waals surface area contributed by atoms with Crippen molar-refractivity contribution >= 4 is 22.4 Å². The molecule has 1 aliphatic heterocycles. The fourth-order valence-electron chi connectivity index (χ4n) is 3.37. The van der Waals surface area contributed by atoms with Gasteiger partial charge in [-0.25, -0.2) is 0 Å². The van der Waals surface area contributed by atoms with Crippen LogP contribution in [0.3, 0.4) is 0 Å². The summed E-state index contributed by atoms with van der Waals surface area (Å²) >= 11 is 0. The minimum absolute atomic E-state index is 0.180. The van der Waals surface area contributed by atoms with Gasteiger partial charge in [0, 0.05) is 30.0 Å². The van der Waals surface area contributed by atoms with Crippen LogP contribution in [0.2, 0.25) is 0 Å². The van der Waals surface area contributed by atoms with E-state index in [2.05, 4.69) is 34.1 Å². The van der Waals surface area contributed by atoms with Gasteiger partial charge in [-0.1, -0.05) is 36.4 Å². The number of aromatic nitrogens is 1. The number of fused-ring (bicyclic) bond motifs is 2. The fraction of sp³-hybridized carbons (Fsp3) is 0.238. The lowest BCUT2D eigenvalue weighted by Gasteiger charge is -2.19. The van der Waals surface area contributed by atoms with E-state index in [1.807, 2.05) is 30.5 Å². The minimum Gasteiger partial charge on any atom is -0.464 e. The van der Waals surface area contributed by atoms with Gasteiger partial charge in [0.05, 0.1) is 13.0 Å². The van der Waals surface area contributed by atoms with Gasteiger partial charge in [-0.05, 0) is 35.1 Å². The van der Waals surface area contributed by atoms with Gasteiger partial charge >= 0.3 is 5.97 Å². The third-order valence-corrected chi connectivity index (χ3v) is 4.66. The van der Waals surface area contributed by atoms with Crippen molar-refractivity contribution in [2.24, 2.45) is 0 Å². The number of pyridine rings is 1. The molecule has 0 amide bonds. The number of ether oxygens (including phenoxy) is 1. The lowest BCUT2D eigenvalue weighted by atomic mass is 10.1. The Labute approximate surface area is 147 Å². The number of carbonyl (C=O) groups is 1. The van der Waals surface area contributed by atoms with Crippen LogP contribution < -0.4 is 4.90 Å². The van der Waals surface area contributed by atoms with E-state index in [1.165, 1.54) is 11.3 Å². The average molecular weight is 332 g/mol. The second kappa shape index (κ2) is 6.93. The average Bonchev–Trinajstić information content (AvgIpc) is 3.05. The number of esters is 1. The van der Waals surface area contributed by atoms with Crippen LogP contribution in [0.25, 0.3) is 10.8 Å². The standard InChI is InChI=1S/C21H20N2O2/c24-21(14-16-5-6-19-15-22-9-7-18(19)13-16)25-12-11-23-10-8-17-3-1-2-4-20(17)23/h1-7,9,13,15H,8,10-12,14H2. The molecular weight excluding hydrogens is 312 g/mol. The molecule has 0 atom stereocenters. The summed E-state index contributed by atoms with van der Waals surface area (Å²) in [4.78, 5) is 18.5. The molecule has 0 spiro atoms. The predicted molar refractivity (Wildman–Crippen MR) is 98.8 cm³/mol. The van der Waals surface area contributed by atoms with Gasteiger partial charge in [0.25, 0.3) is 0 Å². The molecule has 0 aliphatic carbocycles. The van der Waals surface area contributed by atoms with Crippen molar-refractivity contribution in [3.05, 3.63) is 72.1 Å². The molecule has 0 unspecified atom stereocenters. The zero-order chi connectivity index (χ0) is 17.1. The third-order valence-electron chi connectivity index (χ3n) is 4.66. The lowest BCUT2D eigenvalue weighted by Crippen LogP contribution is -2.26. The Morgan fingerprint density at radius 2 is 2.04 bits per heavy atom. The van der Waals surface area contributed by atoms with Gasteiger partial charge in [-0.15, -0.1) is 0 Å². The predicted octanol–water partition coefficient (Wildman–Crippen LogP) is 3.38. The number of rotatable bonds is 5. The van der Waals surface area contributed by atoms with Crippen LogP contribution in [0.15, 0.2) is 60.9 Å². The zero-order valence-corrected chi connectivity index (χ0v) is 14.0. The van der Waals surface area contributed by atoms with Crippen molar-refractivity contribution in [3.8, 4) is 0 Å². The molecule has 4 nitrogen and oxygen atoms in total. The molecule has 0 fully saturated rings. The maximum atomic E-state index is 12.1. The highest BCUT2D eigenvalue weighted by Crippen LogP contribution is 2.26. The topological polar surface area (TPSA) is 42.4 Å². The second-order valence-electron chi connectivity index (χ2n) is 6.32. The summed E-state index contributed by atoms with van der Waals surface area (Å²) in [6.07, 6.45) is 4.95. The smallest absolute Gasteiger partial charge is 0.310 e. The first-order chi connectivity index (χ1) is 12.3. The molecule has 126 valence electrons. The molecule has 0 radical (unpaired) electrons. The number of carbonyl (C=O) groups excluding carboxylic acids is 1. The van der Waals surface area contributed by atoms with Gasteiger partial charge in [0.1, 0.15) is 6.61 Å². The van der Waals surface area contributed by atoms with Crippen molar-refractivity contribution in [1.29, 1.82) is 0 Å². The number of nitrogens with zero attached hydrogens (tertiary/aromatic N) is 2. The number of benzene rings is 2. The van der Waals surface area contributed by atoms with Crippen molar-refractivity contribution in [2.75, 3.05) is 24.6 Å². The Morgan fingerprint density at radius 1 is 1.12 bits per heavy atom. The van der Waals surface area contributed by atoms with Crippen LogP contribution in [-0.2, 0) is 22.4 Å². The van der Waals surface area contributed by atoms with E-state index < -0.39 is 0 Å². The minimum atomic E-state index is -0.180. The Hall–Kier alpha value is -2.88. The molecule has 1 aliphatic rings.